The topological polar surface area (TPSA) is 0 Å². The zero-order valence-electron chi connectivity index (χ0n) is 8.43. The lowest BCUT2D eigenvalue weighted by atomic mass is 10.0. The van der Waals surface area contributed by atoms with Crippen molar-refractivity contribution >= 4 is 10.8 Å². The Labute approximate surface area is 93.7 Å². The Balaban J connectivity index is 2.70. The first kappa shape index (κ1) is 11.8. The first-order chi connectivity index (χ1) is 7.89. The molecule has 0 radical (unpaired) electrons. The monoisotopic (exact) mass is 246 g/mol. The van der Waals surface area contributed by atoms with Gasteiger partial charge in [0.1, 0.15) is 0 Å². The molecule has 0 N–H and O–H groups in total. The first-order valence-corrected chi connectivity index (χ1v) is 4.77. The minimum Gasteiger partial charge on any atom is -0.205 e. The van der Waals surface area contributed by atoms with Crippen molar-refractivity contribution in [3.05, 3.63) is 47.5 Å². The predicted molar refractivity (Wildman–Crippen MR) is 53.9 cm³/mol. The van der Waals surface area contributed by atoms with E-state index < -0.39 is 18.2 Å². The van der Waals surface area contributed by atoms with E-state index in [0.717, 1.165) is 18.2 Å². The Morgan fingerprint density at radius 3 is 2.24 bits per heavy atom. The van der Waals surface area contributed by atoms with Crippen LogP contribution in [0, 0.1) is 0 Å². The minimum atomic E-state index is -4.52. The van der Waals surface area contributed by atoms with Crippen LogP contribution >= 0.6 is 0 Å². The molecule has 17 heavy (non-hydrogen) atoms. The van der Waals surface area contributed by atoms with Crippen LogP contribution in [0.25, 0.3) is 10.8 Å². The van der Waals surface area contributed by atoms with E-state index in [1.807, 2.05) is 0 Å². The first-order valence-electron chi connectivity index (χ1n) is 4.77. The average molecular weight is 246 g/mol. The van der Waals surface area contributed by atoms with Gasteiger partial charge >= 0.3 is 6.18 Å². The molecule has 0 aliphatic rings. The molecule has 0 unspecified atom stereocenters. The summed E-state index contributed by atoms with van der Waals surface area (Å²) in [5.74, 6) is 0. The van der Waals surface area contributed by atoms with Gasteiger partial charge in [-0.05, 0) is 22.9 Å². The van der Waals surface area contributed by atoms with Gasteiger partial charge in [0.2, 0.25) is 0 Å². The number of hydrogen-bond acceptors (Lipinski definition) is 0. The SMILES string of the molecule is FC(F)c1cccc2ccc(C(F)(F)F)cc12. The third-order valence-electron chi connectivity index (χ3n) is 2.48. The Hall–Kier alpha value is -1.65. The summed E-state index contributed by atoms with van der Waals surface area (Å²) in [6, 6.07) is 6.88. The number of fused-ring (bicyclic) bond motifs is 1. The van der Waals surface area contributed by atoms with Gasteiger partial charge in [0.05, 0.1) is 5.56 Å². The maximum Gasteiger partial charge on any atom is 0.416 e. The van der Waals surface area contributed by atoms with E-state index in [-0.39, 0.29) is 10.9 Å². The van der Waals surface area contributed by atoms with Crippen molar-refractivity contribution in [1.82, 2.24) is 0 Å². The van der Waals surface area contributed by atoms with Gasteiger partial charge in [0, 0.05) is 5.56 Å². The molecule has 0 heterocycles. The van der Waals surface area contributed by atoms with Crippen LogP contribution < -0.4 is 0 Å². The molecule has 0 saturated heterocycles. The molecule has 0 aromatic heterocycles. The van der Waals surface area contributed by atoms with Crippen LogP contribution in [0.15, 0.2) is 36.4 Å². The molecular weight excluding hydrogens is 239 g/mol. The lowest BCUT2D eigenvalue weighted by molar-refractivity contribution is -0.137. The van der Waals surface area contributed by atoms with E-state index in [9.17, 15) is 22.0 Å². The van der Waals surface area contributed by atoms with Gasteiger partial charge in [-0.2, -0.15) is 13.2 Å². The largest absolute Gasteiger partial charge is 0.416 e. The van der Waals surface area contributed by atoms with Crippen molar-refractivity contribution in [1.29, 1.82) is 0 Å². The van der Waals surface area contributed by atoms with Crippen molar-refractivity contribution < 1.29 is 22.0 Å². The summed E-state index contributed by atoms with van der Waals surface area (Å²) in [7, 11) is 0. The summed E-state index contributed by atoms with van der Waals surface area (Å²) in [6.45, 7) is 0. The number of hydrogen-bond donors (Lipinski definition) is 0. The molecule has 2 rings (SSSR count). The minimum absolute atomic E-state index is 0.0580. The molecule has 0 aliphatic carbocycles. The Morgan fingerprint density at radius 2 is 1.65 bits per heavy atom. The van der Waals surface area contributed by atoms with Gasteiger partial charge in [0.15, 0.2) is 0 Å². The quantitative estimate of drug-likeness (QED) is 0.634. The predicted octanol–water partition coefficient (Wildman–Crippen LogP) is 4.80. The van der Waals surface area contributed by atoms with Gasteiger partial charge in [-0.15, -0.1) is 0 Å². The normalized spacial score (nSPS) is 12.4. The fourth-order valence-electron chi connectivity index (χ4n) is 1.66. The summed E-state index contributed by atoms with van der Waals surface area (Å²) < 4.78 is 62.7. The van der Waals surface area contributed by atoms with Crippen LogP contribution in [-0.2, 0) is 6.18 Å². The van der Waals surface area contributed by atoms with Crippen molar-refractivity contribution in [2.75, 3.05) is 0 Å². The molecule has 5 heteroatoms. The highest BCUT2D eigenvalue weighted by Gasteiger charge is 2.30. The van der Waals surface area contributed by atoms with Gasteiger partial charge in [-0.25, -0.2) is 8.78 Å². The Bertz CT molecular complexity index is 542. The highest BCUT2D eigenvalue weighted by molar-refractivity contribution is 5.86. The van der Waals surface area contributed by atoms with Crippen LogP contribution in [0.1, 0.15) is 17.6 Å². The van der Waals surface area contributed by atoms with E-state index in [1.165, 1.54) is 18.2 Å². The van der Waals surface area contributed by atoms with Crippen LogP contribution in [0.4, 0.5) is 22.0 Å². The molecule has 0 saturated carbocycles. The van der Waals surface area contributed by atoms with Gasteiger partial charge in [-0.1, -0.05) is 24.3 Å². The van der Waals surface area contributed by atoms with Gasteiger partial charge in [-0.3, -0.25) is 0 Å². The average Bonchev–Trinajstić information content (AvgIpc) is 2.26. The molecular formula is C12H7F5. The molecule has 0 spiro atoms. The summed E-state index contributed by atoms with van der Waals surface area (Å²) in [6.07, 6.45) is -7.31. The van der Waals surface area contributed by atoms with E-state index >= 15 is 0 Å². The Morgan fingerprint density at radius 1 is 0.941 bits per heavy atom. The Kier molecular flexibility index (Phi) is 2.77. The molecule has 2 aromatic rings. The van der Waals surface area contributed by atoms with Crippen molar-refractivity contribution in [2.24, 2.45) is 0 Å². The molecule has 0 atom stereocenters. The van der Waals surface area contributed by atoms with Crippen molar-refractivity contribution in [3.8, 4) is 0 Å². The van der Waals surface area contributed by atoms with Crippen molar-refractivity contribution in [3.63, 3.8) is 0 Å². The second kappa shape index (κ2) is 3.98. The highest BCUT2D eigenvalue weighted by atomic mass is 19.4. The summed E-state index contributed by atoms with van der Waals surface area (Å²) >= 11 is 0. The second-order valence-electron chi connectivity index (χ2n) is 3.58. The molecule has 0 amide bonds. The summed E-state index contributed by atoms with van der Waals surface area (Å²) in [5.41, 5.74) is -1.30. The molecule has 0 aliphatic heterocycles. The smallest absolute Gasteiger partial charge is 0.205 e. The molecule has 2 aromatic carbocycles. The van der Waals surface area contributed by atoms with Crippen LogP contribution in [-0.4, -0.2) is 0 Å². The van der Waals surface area contributed by atoms with E-state index in [1.54, 1.807) is 0 Å². The second-order valence-corrected chi connectivity index (χ2v) is 3.58. The highest BCUT2D eigenvalue weighted by Crippen LogP contribution is 2.34. The third-order valence-corrected chi connectivity index (χ3v) is 2.48. The standard InChI is InChI=1S/C12H7F5/c13-11(14)9-3-1-2-7-4-5-8(6-10(7)9)12(15,16)17/h1-6,11H. The molecule has 0 fully saturated rings. The van der Waals surface area contributed by atoms with Gasteiger partial charge in [0.25, 0.3) is 6.43 Å². The lowest BCUT2D eigenvalue weighted by Crippen LogP contribution is -2.04. The zero-order valence-corrected chi connectivity index (χ0v) is 8.43. The lowest BCUT2D eigenvalue weighted by Gasteiger charge is -2.10. The summed E-state index contributed by atoms with van der Waals surface area (Å²) in [5, 5.41) is 0.313. The third kappa shape index (κ3) is 2.23. The van der Waals surface area contributed by atoms with E-state index in [2.05, 4.69) is 0 Å². The zero-order chi connectivity index (χ0) is 12.6. The van der Waals surface area contributed by atoms with Gasteiger partial charge < -0.3 is 0 Å². The van der Waals surface area contributed by atoms with E-state index in [0.29, 0.717) is 5.39 Å². The number of benzene rings is 2. The van der Waals surface area contributed by atoms with Crippen LogP contribution in [0.2, 0.25) is 0 Å². The maximum atomic E-state index is 12.6. The van der Waals surface area contributed by atoms with Crippen molar-refractivity contribution in [2.45, 2.75) is 12.6 Å². The maximum absolute atomic E-state index is 12.6. The fourth-order valence-corrected chi connectivity index (χ4v) is 1.66. The molecule has 0 bridgehead atoms. The van der Waals surface area contributed by atoms with Crippen LogP contribution in [0.3, 0.4) is 0 Å². The number of halogens is 5. The fraction of sp³-hybridized carbons (Fsp3) is 0.167. The molecule has 90 valence electrons. The molecule has 0 nitrogen and oxygen atoms in total. The van der Waals surface area contributed by atoms with Crippen LogP contribution in [0.5, 0.6) is 0 Å². The van der Waals surface area contributed by atoms with E-state index in [4.69, 9.17) is 0 Å². The number of alkyl halides is 5. The summed E-state index contributed by atoms with van der Waals surface area (Å²) in [4.78, 5) is 0. The number of rotatable bonds is 1.